The number of aromatic nitrogens is 2. The lowest BCUT2D eigenvalue weighted by atomic mass is 9.88. The molecule has 1 amide bonds. The van der Waals surface area contributed by atoms with Gasteiger partial charge in [0.25, 0.3) is 0 Å². The number of piperidine rings is 1. The minimum Gasteiger partial charge on any atom is -0.371 e. The highest BCUT2D eigenvalue weighted by atomic mass is 32.2. The lowest BCUT2D eigenvalue weighted by Crippen LogP contribution is -2.50. The first-order valence-electron chi connectivity index (χ1n) is 8.47. The fourth-order valence-electron chi connectivity index (χ4n) is 3.55. The molecule has 8 nitrogen and oxygen atoms in total. The second kappa shape index (κ2) is 7.25. The highest BCUT2D eigenvalue weighted by Crippen LogP contribution is 2.35. The van der Waals surface area contributed by atoms with Gasteiger partial charge in [-0.2, -0.15) is 0 Å². The van der Waals surface area contributed by atoms with Gasteiger partial charge in [0.2, 0.25) is 5.91 Å². The monoisotopic (exact) mass is 368 g/mol. The number of sulfone groups is 1. The molecule has 0 radical (unpaired) electrons. The van der Waals surface area contributed by atoms with Crippen molar-refractivity contribution >= 4 is 21.6 Å². The smallest absolute Gasteiger partial charge is 0.223 e. The van der Waals surface area contributed by atoms with E-state index in [0.717, 1.165) is 25.5 Å². The second-order valence-electron chi connectivity index (χ2n) is 6.93. The number of carbonyl (C=O) groups excluding carboxylic acids is 1. The molecule has 0 saturated carbocycles. The van der Waals surface area contributed by atoms with Crippen LogP contribution in [0.1, 0.15) is 25.7 Å². The van der Waals surface area contributed by atoms with E-state index in [9.17, 15) is 13.2 Å². The van der Waals surface area contributed by atoms with Gasteiger partial charge in [-0.15, -0.1) is 0 Å². The van der Waals surface area contributed by atoms with Crippen molar-refractivity contribution < 1.29 is 17.9 Å². The van der Waals surface area contributed by atoms with Crippen molar-refractivity contribution in [3.05, 3.63) is 18.6 Å². The maximum absolute atomic E-state index is 12.3. The highest BCUT2D eigenvalue weighted by Gasteiger charge is 2.44. The van der Waals surface area contributed by atoms with Gasteiger partial charge in [0.05, 0.1) is 30.2 Å². The Morgan fingerprint density at radius 2 is 2.32 bits per heavy atom. The van der Waals surface area contributed by atoms with Gasteiger partial charge in [0.1, 0.15) is 15.7 Å². The summed E-state index contributed by atoms with van der Waals surface area (Å²) in [6.07, 6.45) is 8.68. The first-order chi connectivity index (χ1) is 11.9. The average molecular weight is 368 g/mol. The summed E-state index contributed by atoms with van der Waals surface area (Å²) >= 11 is 0. The molecule has 1 aromatic rings. The molecule has 138 valence electrons. The number of ether oxygens (including phenoxy) is 1. The van der Waals surface area contributed by atoms with Gasteiger partial charge in [0.15, 0.2) is 0 Å². The molecule has 1 N–H and O–H groups in total. The predicted molar refractivity (Wildman–Crippen MR) is 92.9 cm³/mol. The Balaban J connectivity index is 1.56. The number of amides is 1. The van der Waals surface area contributed by atoms with Crippen LogP contribution in [0.3, 0.4) is 0 Å². The molecular formula is C16H24N4O4S. The summed E-state index contributed by atoms with van der Waals surface area (Å²) in [5.41, 5.74) is -0.348. The van der Waals surface area contributed by atoms with E-state index < -0.39 is 9.84 Å². The van der Waals surface area contributed by atoms with Crippen LogP contribution in [0.4, 0.5) is 5.82 Å². The van der Waals surface area contributed by atoms with Crippen molar-refractivity contribution in [1.82, 2.24) is 14.9 Å². The van der Waals surface area contributed by atoms with E-state index in [2.05, 4.69) is 15.3 Å². The minimum absolute atomic E-state index is 0.0379. The fourth-order valence-corrected chi connectivity index (χ4v) is 4.09. The Bertz CT molecular complexity index is 712. The van der Waals surface area contributed by atoms with Crippen molar-refractivity contribution in [2.24, 2.45) is 0 Å². The van der Waals surface area contributed by atoms with Crippen molar-refractivity contribution in [3.8, 4) is 0 Å². The maximum atomic E-state index is 12.3. The van der Waals surface area contributed by atoms with E-state index in [4.69, 9.17) is 4.74 Å². The van der Waals surface area contributed by atoms with Gasteiger partial charge in [-0.3, -0.25) is 9.78 Å². The molecule has 3 heterocycles. The molecule has 3 rings (SSSR count). The van der Waals surface area contributed by atoms with Crippen LogP contribution in [-0.4, -0.2) is 72.5 Å². The topological polar surface area (TPSA) is 101 Å². The van der Waals surface area contributed by atoms with Crippen LogP contribution >= 0.6 is 0 Å². The molecular weight excluding hydrogens is 344 g/mol. The number of anilines is 1. The lowest BCUT2D eigenvalue weighted by molar-refractivity contribution is -0.138. The number of nitrogens with one attached hydrogen (secondary N) is 1. The van der Waals surface area contributed by atoms with Crippen molar-refractivity contribution in [1.29, 1.82) is 0 Å². The summed E-state index contributed by atoms with van der Waals surface area (Å²) in [5, 5.41) is 3.32. The zero-order chi connectivity index (χ0) is 17.9. The molecule has 2 aliphatic heterocycles. The zero-order valence-corrected chi connectivity index (χ0v) is 15.2. The molecule has 2 saturated heterocycles. The molecule has 0 aromatic carbocycles. The van der Waals surface area contributed by atoms with E-state index in [1.54, 1.807) is 23.5 Å². The van der Waals surface area contributed by atoms with E-state index in [-0.39, 0.29) is 29.7 Å². The SMILES string of the molecule is CS(=O)(=O)CCC(=O)N1CCCC2(CC(Nc3cnccn3)CO2)C1. The van der Waals surface area contributed by atoms with E-state index in [1.807, 2.05) is 0 Å². The molecule has 2 atom stereocenters. The largest absolute Gasteiger partial charge is 0.371 e. The van der Waals surface area contributed by atoms with Crippen LogP contribution in [-0.2, 0) is 19.4 Å². The molecule has 0 bridgehead atoms. The summed E-state index contributed by atoms with van der Waals surface area (Å²) in [6, 6.07) is 0.128. The van der Waals surface area contributed by atoms with E-state index in [1.165, 1.54) is 0 Å². The molecule has 2 unspecified atom stereocenters. The molecule has 1 spiro atoms. The van der Waals surface area contributed by atoms with Gasteiger partial charge >= 0.3 is 0 Å². The summed E-state index contributed by atoms with van der Waals surface area (Å²) in [7, 11) is -3.13. The third-order valence-electron chi connectivity index (χ3n) is 4.70. The van der Waals surface area contributed by atoms with Gasteiger partial charge in [-0.25, -0.2) is 13.4 Å². The number of nitrogens with zero attached hydrogens (tertiary/aromatic N) is 3. The Kier molecular flexibility index (Phi) is 5.24. The molecule has 2 fully saturated rings. The van der Waals surface area contributed by atoms with Crippen molar-refractivity contribution in [2.45, 2.75) is 37.3 Å². The normalized spacial score (nSPS) is 26.8. The fraction of sp³-hybridized carbons (Fsp3) is 0.688. The molecule has 0 aliphatic carbocycles. The van der Waals surface area contributed by atoms with Crippen LogP contribution in [0, 0.1) is 0 Å². The van der Waals surface area contributed by atoms with Gasteiger partial charge in [0, 0.05) is 44.6 Å². The van der Waals surface area contributed by atoms with Crippen LogP contribution in [0.2, 0.25) is 0 Å². The lowest BCUT2D eigenvalue weighted by Gasteiger charge is -2.39. The van der Waals surface area contributed by atoms with Crippen LogP contribution in [0.25, 0.3) is 0 Å². The number of hydrogen-bond donors (Lipinski definition) is 1. The van der Waals surface area contributed by atoms with Crippen LogP contribution in [0.5, 0.6) is 0 Å². The zero-order valence-electron chi connectivity index (χ0n) is 14.3. The molecule has 9 heteroatoms. The summed E-state index contributed by atoms with van der Waals surface area (Å²) in [4.78, 5) is 22.3. The maximum Gasteiger partial charge on any atom is 0.223 e. The first kappa shape index (κ1) is 18.1. The standard InChI is InChI=1S/C16H24N4O4S/c1-25(22,23)8-3-15(21)20-7-2-4-16(12-20)9-13(11-24-16)19-14-10-17-5-6-18-14/h5-6,10,13H,2-4,7-9,11-12H2,1H3,(H,18,19). The van der Waals surface area contributed by atoms with Crippen LogP contribution in [0.15, 0.2) is 18.6 Å². The number of rotatable bonds is 5. The number of likely N-dealkylation sites (tertiary alicyclic amines) is 1. The summed E-state index contributed by atoms with van der Waals surface area (Å²) in [6.45, 7) is 1.74. The Morgan fingerprint density at radius 3 is 3.04 bits per heavy atom. The van der Waals surface area contributed by atoms with E-state index in [0.29, 0.717) is 25.5 Å². The third-order valence-corrected chi connectivity index (χ3v) is 5.65. The Labute approximate surface area is 147 Å². The molecule has 1 aromatic heterocycles. The van der Waals surface area contributed by atoms with E-state index >= 15 is 0 Å². The van der Waals surface area contributed by atoms with Crippen molar-refractivity contribution in [2.75, 3.05) is 37.0 Å². The van der Waals surface area contributed by atoms with Gasteiger partial charge < -0.3 is 15.0 Å². The Hall–Kier alpha value is -1.74. The first-order valence-corrected chi connectivity index (χ1v) is 10.5. The van der Waals surface area contributed by atoms with Gasteiger partial charge in [-0.05, 0) is 12.8 Å². The number of hydrogen-bond acceptors (Lipinski definition) is 7. The van der Waals surface area contributed by atoms with Crippen molar-refractivity contribution in [3.63, 3.8) is 0 Å². The third kappa shape index (κ3) is 4.88. The highest BCUT2D eigenvalue weighted by molar-refractivity contribution is 7.90. The summed E-state index contributed by atoms with van der Waals surface area (Å²) < 4.78 is 28.6. The quantitative estimate of drug-likeness (QED) is 0.806. The molecule has 2 aliphatic rings. The minimum atomic E-state index is -3.13. The number of carbonyl (C=O) groups is 1. The summed E-state index contributed by atoms with van der Waals surface area (Å²) in [5.74, 6) is 0.496. The molecule has 25 heavy (non-hydrogen) atoms. The van der Waals surface area contributed by atoms with Gasteiger partial charge in [-0.1, -0.05) is 0 Å². The second-order valence-corrected chi connectivity index (χ2v) is 9.19. The Morgan fingerprint density at radius 1 is 1.48 bits per heavy atom. The predicted octanol–water partition coefficient (Wildman–Crippen LogP) is 0.473. The van der Waals surface area contributed by atoms with Crippen LogP contribution < -0.4 is 5.32 Å². The average Bonchev–Trinajstić information content (AvgIpc) is 2.95.